The number of carbonyl (C=O) groups excluding carboxylic acids is 1. The van der Waals surface area contributed by atoms with Crippen molar-refractivity contribution >= 4 is 27.8 Å². The summed E-state index contributed by atoms with van der Waals surface area (Å²) in [5.74, 6) is -0.0567. The predicted molar refractivity (Wildman–Crippen MR) is 88.9 cm³/mol. The van der Waals surface area contributed by atoms with Gasteiger partial charge >= 0.3 is 5.97 Å². The largest absolute Gasteiger partial charge is 0.486 e. The number of carboxylic acids is 1. The summed E-state index contributed by atoms with van der Waals surface area (Å²) in [7, 11) is 0. The van der Waals surface area contributed by atoms with Gasteiger partial charge in [0.05, 0.1) is 0 Å². The highest BCUT2D eigenvalue weighted by molar-refractivity contribution is 9.10. The normalized spacial score (nSPS) is 17.0. The van der Waals surface area contributed by atoms with E-state index in [1.165, 1.54) is 4.90 Å². The Bertz CT molecular complexity index is 757. The van der Waals surface area contributed by atoms with E-state index >= 15 is 0 Å². The quantitative estimate of drug-likeness (QED) is 0.842. The molecule has 24 heavy (non-hydrogen) atoms. The Labute approximate surface area is 147 Å². The summed E-state index contributed by atoms with van der Waals surface area (Å²) in [6.45, 7) is 0.618. The van der Waals surface area contributed by atoms with Crippen molar-refractivity contribution in [2.24, 2.45) is 0 Å². The van der Waals surface area contributed by atoms with Crippen LogP contribution in [0.2, 0.25) is 0 Å². The first kappa shape index (κ1) is 16.6. The Morgan fingerprint density at radius 3 is 2.92 bits per heavy atom. The molecule has 1 saturated heterocycles. The van der Waals surface area contributed by atoms with Crippen LogP contribution in [0.3, 0.4) is 0 Å². The number of benzene rings is 1. The van der Waals surface area contributed by atoms with Gasteiger partial charge in [0, 0.05) is 11.0 Å². The summed E-state index contributed by atoms with van der Waals surface area (Å²) in [5, 5.41) is 9.17. The number of rotatable bonds is 5. The van der Waals surface area contributed by atoms with E-state index in [2.05, 4.69) is 15.9 Å². The SMILES string of the molecule is O=C(O)[C@H]1CCCN1C(=O)c1ccc(COc2cccc(Br)c2)o1. The van der Waals surface area contributed by atoms with Gasteiger partial charge in [-0.25, -0.2) is 4.79 Å². The van der Waals surface area contributed by atoms with E-state index in [4.69, 9.17) is 14.3 Å². The minimum atomic E-state index is -0.981. The number of nitrogens with zero attached hydrogens (tertiary/aromatic N) is 1. The van der Waals surface area contributed by atoms with Gasteiger partial charge in [-0.15, -0.1) is 0 Å². The molecule has 1 aliphatic rings. The molecule has 0 saturated carbocycles. The first-order chi connectivity index (χ1) is 11.5. The number of carboxylic acid groups (broad SMARTS) is 1. The molecule has 0 unspecified atom stereocenters. The maximum Gasteiger partial charge on any atom is 0.326 e. The topological polar surface area (TPSA) is 80.0 Å². The predicted octanol–water partition coefficient (Wildman–Crippen LogP) is 3.31. The molecule has 1 atom stereocenters. The third-order valence-electron chi connectivity index (χ3n) is 3.85. The number of aliphatic carboxylic acids is 1. The first-order valence-electron chi connectivity index (χ1n) is 7.55. The van der Waals surface area contributed by atoms with Gasteiger partial charge in [0.15, 0.2) is 5.76 Å². The standard InChI is InChI=1S/C17H16BrNO5/c18-11-3-1-4-12(9-11)23-10-13-6-7-15(24-13)16(20)19-8-2-5-14(19)17(21)22/h1,3-4,6-7,9,14H,2,5,8,10H2,(H,21,22)/t14-/m1/s1. The van der Waals surface area contributed by atoms with Gasteiger partial charge in [-0.1, -0.05) is 22.0 Å². The Morgan fingerprint density at radius 2 is 2.17 bits per heavy atom. The van der Waals surface area contributed by atoms with E-state index in [0.29, 0.717) is 30.9 Å². The van der Waals surface area contributed by atoms with Crippen molar-refractivity contribution in [3.63, 3.8) is 0 Å². The minimum absolute atomic E-state index is 0.135. The van der Waals surface area contributed by atoms with E-state index in [1.807, 2.05) is 24.3 Å². The number of hydrogen-bond acceptors (Lipinski definition) is 4. The van der Waals surface area contributed by atoms with E-state index in [0.717, 1.165) is 4.47 Å². The number of furan rings is 1. The fourth-order valence-corrected chi connectivity index (χ4v) is 3.07. The average molecular weight is 394 g/mol. The van der Waals surface area contributed by atoms with E-state index in [-0.39, 0.29) is 12.4 Å². The Kier molecular flexibility index (Phi) is 4.89. The molecule has 1 aromatic carbocycles. The molecule has 2 aromatic rings. The van der Waals surface area contributed by atoms with Gasteiger partial charge in [0.2, 0.25) is 0 Å². The lowest BCUT2D eigenvalue weighted by atomic mass is 10.2. The maximum absolute atomic E-state index is 12.4. The van der Waals surface area contributed by atoms with E-state index in [1.54, 1.807) is 12.1 Å². The van der Waals surface area contributed by atoms with Gasteiger partial charge < -0.3 is 19.2 Å². The van der Waals surface area contributed by atoms with Gasteiger partial charge in [0.25, 0.3) is 5.91 Å². The third kappa shape index (κ3) is 3.62. The van der Waals surface area contributed by atoms with Crippen molar-refractivity contribution < 1.29 is 23.8 Å². The highest BCUT2D eigenvalue weighted by Gasteiger charge is 2.35. The van der Waals surface area contributed by atoms with Crippen LogP contribution < -0.4 is 4.74 Å². The van der Waals surface area contributed by atoms with Crippen molar-refractivity contribution in [3.8, 4) is 5.75 Å². The fraction of sp³-hybridized carbons (Fsp3) is 0.294. The summed E-state index contributed by atoms with van der Waals surface area (Å²) in [6.07, 6.45) is 1.16. The monoisotopic (exact) mass is 393 g/mol. The lowest BCUT2D eigenvalue weighted by Gasteiger charge is -2.19. The van der Waals surface area contributed by atoms with Crippen LogP contribution >= 0.6 is 15.9 Å². The molecule has 0 bridgehead atoms. The lowest BCUT2D eigenvalue weighted by Crippen LogP contribution is -2.40. The van der Waals surface area contributed by atoms with E-state index < -0.39 is 17.9 Å². The Hall–Kier alpha value is -2.28. The molecule has 1 N–H and O–H groups in total. The fourth-order valence-electron chi connectivity index (χ4n) is 2.69. The van der Waals surface area contributed by atoms with Crippen LogP contribution in [0.25, 0.3) is 0 Å². The van der Waals surface area contributed by atoms with Gasteiger partial charge in [-0.3, -0.25) is 4.79 Å². The summed E-state index contributed by atoms with van der Waals surface area (Å²) in [5.41, 5.74) is 0. The smallest absolute Gasteiger partial charge is 0.326 e. The zero-order valence-electron chi connectivity index (χ0n) is 12.8. The van der Waals surface area contributed by atoms with Gasteiger partial charge in [-0.05, 0) is 43.2 Å². The van der Waals surface area contributed by atoms with Crippen molar-refractivity contribution in [1.82, 2.24) is 4.90 Å². The van der Waals surface area contributed by atoms with Crippen LogP contribution in [0.15, 0.2) is 45.3 Å². The van der Waals surface area contributed by atoms with Crippen LogP contribution in [0.1, 0.15) is 29.2 Å². The molecule has 0 aliphatic carbocycles. The highest BCUT2D eigenvalue weighted by atomic mass is 79.9. The van der Waals surface area contributed by atoms with Crippen LogP contribution in [-0.4, -0.2) is 34.5 Å². The lowest BCUT2D eigenvalue weighted by molar-refractivity contribution is -0.141. The number of hydrogen-bond donors (Lipinski definition) is 1. The minimum Gasteiger partial charge on any atom is -0.486 e. The summed E-state index contributed by atoms with van der Waals surface area (Å²) in [6, 6.07) is 9.85. The molecule has 1 aliphatic heterocycles. The van der Waals surface area contributed by atoms with Gasteiger partial charge in [-0.2, -0.15) is 0 Å². The first-order valence-corrected chi connectivity index (χ1v) is 8.35. The molecule has 126 valence electrons. The summed E-state index contributed by atoms with van der Waals surface area (Å²) < 4.78 is 12.0. The molecule has 1 amide bonds. The molecule has 2 heterocycles. The van der Waals surface area contributed by atoms with E-state index in [9.17, 15) is 9.59 Å². The number of likely N-dealkylation sites (tertiary alicyclic amines) is 1. The zero-order valence-corrected chi connectivity index (χ0v) is 14.4. The molecule has 0 spiro atoms. The maximum atomic E-state index is 12.4. The van der Waals surface area contributed by atoms with Crippen LogP contribution in [0.5, 0.6) is 5.75 Å². The molecule has 6 nitrogen and oxygen atoms in total. The van der Waals surface area contributed by atoms with Crippen LogP contribution in [0.4, 0.5) is 0 Å². The average Bonchev–Trinajstić information content (AvgIpc) is 3.22. The second-order valence-electron chi connectivity index (χ2n) is 5.51. The zero-order chi connectivity index (χ0) is 17.1. The summed E-state index contributed by atoms with van der Waals surface area (Å²) in [4.78, 5) is 25.0. The Morgan fingerprint density at radius 1 is 1.33 bits per heavy atom. The second kappa shape index (κ2) is 7.09. The number of ether oxygens (including phenoxy) is 1. The van der Waals surface area contributed by atoms with Crippen molar-refractivity contribution in [3.05, 3.63) is 52.4 Å². The van der Waals surface area contributed by atoms with Crippen LogP contribution in [-0.2, 0) is 11.4 Å². The summed E-state index contributed by atoms with van der Waals surface area (Å²) >= 11 is 3.36. The van der Waals surface area contributed by atoms with Crippen molar-refractivity contribution in [1.29, 1.82) is 0 Å². The number of carbonyl (C=O) groups is 2. The van der Waals surface area contributed by atoms with Gasteiger partial charge in [0.1, 0.15) is 24.2 Å². The third-order valence-corrected chi connectivity index (χ3v) is 4.34. The van der Waals surface area contributed by atoms with Crippen molar-refractivity contribution in [2.45, 2.75) is 25.5 Å². The molecular formula is C17H16BrNO5. The van der Waals surface area contributed by atoms with Crippen molar-refractivity contribution in [2.75, 3.05) is 6.54 Å². The molecule has 3 rings (SSSR count). The highest BCUT2D eigenvalue weighted by Crippen LogP contribution is 2.23. The Balaban J connectivity index is 1.64. The second-order valence-corrected chi connectivity index (χ2v) is 6.42. The molecular weight excluding hydrogens is 378 g/mol. The van der Waals surface area contributed by atoms with Crippen LogP contribution in [0, 0.1) is 0 Å². The number of halogens is 1. The molecule has 1 aromatic heterocycles. The molecule has 1 fully saturated rings. The molecule has 0 radical (unpaired) electrons. The molecule has 7 heteroatoms. The number of amides is 1.